The summed E-state index contributed by atoms with van der Waals surface area (Å²) < 4.78 is 27.8. The van der Waals surface area contributed by atoms with Crippen LogP contribution in [0.2, 0.25) is 0 Å². The molecule has 1 aromatic heterocycles. The van der Waals surface area contributed by atoms with Crippen molar-refractivity contribution >= 4 is 17.0 Å². The summed E-state index contributed by atoms with van der Waals surface area (Å²) in [4.78, 5) is 4.17. The zero-order chi connectivity index (χ0) is 13.4. The summed E-state index contributed by atoms with van der Waals surface area (Å²) >= 11 is 0. The molecule has 0 aliphatic heterocycles. The van der Waals surface area contributed by atoms with E-state index in [4.69, 9.17) is 5.73 Å². The van der Waals surface area contributed by atoms with E-state index in [0.717, 1.165) is 5.56 Å². The van der Waals surface area contributed by atoms with E-state index < -0.39 is 0 Å². The third-order valence-corrected chi connectivity index (χ3v) is 2.99. The molecule has 5 heteroatoms. The Balaban J connectivity index is 2.06. The molecular formula is C14H11F2N3. The number of nitrogens with zero attached hydrogens (tertiary/aromatic N) is 2. The molecule has 0 bridgehead atoms. The first kappa shape index (κ1) is 11.6. The molecule has 2 N–H and O–H groups in total. The van der Waals surface area contributed by atoms with Crippen molar-refractivity contribution in [2.75, 3.05) is 5.73 Å². The number of anilines is 1. The van der Waals surface area contributed by atoms with E-state index in [2.05, 4.69) is 4.98 Å². The lowest BCUT2D eigenvalue weighted by Gasteiger charge is -2.06. The lowest BCUT2D eigenvalue weighted by molar-refractivity contribution is 0.626. The van der Waals surface area contributed by atoms with Crippen LogP contribution in [-0.2, 0) is 6.54 Å². The number of rotatable bonds is 2. The molecule has 1 heterocycles. The van der Waals surface area contributed by atoms with Crippen LogP contribution in [0.25, 0.3) is 11.0 Å². The summed E-state index contributed by atoms with van der Waals surface area (Å²) in [6.07, 6.45) is 0. The van der Waals surface area contributed by atoms with Crippen LogP contribution < -0.4 is 5.73 Å². The van der Waals surface area contributed by atoms with Gasteiger partial charge in [-0.25, -0.2) is 13.8 Å². The second kappa shape index (κ2) is 4.35. The first-order valence-corrected chi connectivity index (χ1v) is 5.79. The maximum atomic E-state index is 13.3. The summed E-state index contributed by atoms with van der Waals surface area (Å²) in [5.41, 5.74) is 7.97. The zero-order valence-electron chi connectivity index (χ0n) is 9.98. The minimum Gasteiger partial charge on any atom is -0.369 e. The van der Waals surface area contributed by atoms with Crippen molar-refractivity contribution < 1.29 is 8.78 Å². The monoisotopic (exact) mass is 259 g/mol. The predicted octanol–water partition coefficient (Wildman–Crippen LogP) is 2.95. The third kappa shape index (κ3) is 2.14. The second-order valence-electron chi connectivity index (χ2n) is 4.32. The van der Waals surface area contributed by atoms with Gasteiger partial charge in [0, 0.05) is 0 Å². The molecule has 3 aromatic rings. The number of nitrogens with two attached hydrogens (primary N) is 1. The summed E-state index contributed by atoms with van der Waals surface area (Å²) in [5.74, 6) is -0.323. The normalized spacial score (nSPS) is 11.1. The van der Waals surface area contributed by atoms with Crippen LogP contribution in [0.1, 0.15) is 5.56 Å². The average molecular weight is 259 g/mol. The van der Waals surface area contributed by atoms with Crippen molar-refractivity contribution in [2.24, 2.45) is 0 Å². The lowest BCUT2D eigenvalue weighted by Crippen LogP contribution is -2.04. The van der Waals surface area contributed by atoms with Gasteiger partial charge in [-0.15, -0.1) is 0 Å². The number of benzene rings is 2. The molecule has 96 valence electrons. The maximum Gasteiger partial charge on any atom is 0.201 e. The van der Waals surface area contributed by atoms with Crippen molar-refractivity contribution in [2.45, 2.75) is 6.54 Å². The largest absolute Gasteiger partial charge is 0.369 e. The van der Waals surface area contributed by atoms with Gasteiger partial charge < -0.3 is 10.3 Å². The van der Waals surface area contributed by atoms with Crippen LogP contribution in [-0.4, -0.2) is 9.55 Å². The molecule has 0 amide bonds. The van der Waals surface area contributed by atoms with Crippen molar-refractivity contribution in [3.05, 3.63) is 59.7 Å². The van der Waals surface area contributed by atoms with E-state index in [1.54, 1.807) is 22.8 Å². The van der Waals surface area contributed by atoms with Crippen LogP contribution in [0, 0.1) is 11.6 Å². The van der Waals surface area contributed by atoms with Crippen LogP contribution in [0.4, 0.5) is 14.7 Å². The summed E-state index contributed by atoms with van der Waals surface area (Å²) in [6.45, 7) is 0.423. The number of halogens is 2. The fraction of sp³-hybridized carbons (Fsp3) is 0.0714. The van der Waals surface area contributed by atoms with Crippen LogP contribution in [0.15, 0.2) is 42.5 Å². The van der Waals surface area contributed by atoms with Gasteiger partial charge in [0.05, 0.1) is 17.6 Å². The Morgan fingerprint density at radius 3 is 2.42 bits per heavy atom. The molecule has 0 saturated carbocycles. The molecule has 0 fully saturated rings. The molecule has 2 aromatic carbocycles. The van der Waals surface area contributed by atoms with Gasteiger partial charge in [0.2, 0.25) is 5.95 Å². The topological polar surface area (TPSA) is 43.8 Å². The Kier molecular flexibility index (Phi) is 2.67. The second-order valence-corrected chi connectivity index (χ2v) is 4.32. The Morgan fingerprint density at radius 1 is 1.00 bits per heavy atom. The van der Waals surface area contributed by atoms with Gasteiger partial charge in [-0.05, 0) is 35.9 Å². The zero-order valence-corrected chi connectivity index (χ0v) is 9.98. The van der Waals surface area contributed by atoms with Gasteiger partial charge >= 0.3 is 0 Å². The Bertz CT molecular complexity index is 732. The quantitative estimate of drug-likeness (QED) is 0.769. The van der Waals surface area contributed by atoms with Gasteiger partial charge in [-0.3, -0.25) is 0 Å². The molecule has 0 atom stereocenters. The molecule has 0 aliphatic carbocycles. The molecule has 0 radical (unpaired) electrons. The summed E-state index contributed by atoms with van der Waals surface area (Å²) in [5, 5.41) is 0. The standard InChI is InChI=1S/C14H11F2N3/c15-10-3-1-9(2-4-10)8-19-13-7-11(16)5-6-12(13)18-14(19)17/h1-7H,8H2,(H2,17,18). The number of nitrogen functional groups attached to an aromatic ring is 1. The number of hydrogen-bond acceptors (Lipinski definition) is 2. The minimum absolute atomic E-state index is 0.293. The average Bonchev–Trinajstić information content (AvgIpc) is 2.69. The van der Waals surface area contributed by atoms with Gasteiger partial charge in [0.25, 0.3) is 0 Å². The van der Waals surface area contributed by atoms with Gasteiger partial charge in [0.15, 0.2) is 0 Å². The molecular weight excluding hydrogens is 248 g/mol. The Hall–Kier alpha value is -2.43. The first-order chi connectivity index (χ1) is 9.13. The number of imidazole rings is 1. The van der Waals surface area contributed by atoms with E-state index in [1.165, 1.54) is 24.3 Å². The van der Waals surface area contributed by atoms with Crippen molar-refractivity contribution in [3.63, 3.8) is 0 Å². The molecule has 3 rings (SSSR count). The number of hydrogen-bond donors (Lipinski definition) is 1. The molecule has 0 unspecified atom stereocenters. The Labute approximate surface area is 108 Å². The predicted molar refractivity (Wildman–Crippen MR) is 69.6 cm³/mol. The van der Waals surface area contributed by atoms with Crippen molar-refractivity contribution in [1.29, 1.82) is 0 Å². The highest BCUT2D eigenvalue weighted by Gasteiger charge is 2.09. The SMILES string of the molecule is Nc1nc2ccc(F)cc2n1Cc1ccc(F)cc1. The Morgan fingerprint density at radius 2 is 1.68 bits per heavy atom. The summed E-state index contributed by atoms with van der Waals surface area (Å²) in [7, 11) is 0. The fourth-order valence-electron chi connectivity index (χ4n) is 2.05. The van der Waals surface area contributed by atoms with Crippen LogP contribution >= 0.6 is 0 Å². The highest BCUT2D eigenvalue weighted by Crippen LogP contribution is 2.20. The van der Waals surface area contributed by atoms with E-state index >= 15 is 0 Å². The fourth-order valence-corrected chi connectivity index (χ4v) is 2.05. The van der Waals surface area contributed by atoms with E-state index in [0.29, 0.717) is 23.5 Å². The first-order valence-electron chi connectivity index (χ1n) is 5.79. The van der Waals surface area contributed by atoms with Crippen LogP contribution in [0.5, 0.6) is 0 Å². The smallest absolute Gasteiger partial charge is 0.201 e. The van der Waals surface area contributed by atoms with Gasteiger partial charge in [-0.2, -0.15) is 0 Å². The molecule has 19 heavy (non-hydrogen) atoms. The summed E-state index contributed by atoms with van der Waals surface area (Å²) in [6, 6.07) is 10.4. The van der Waals surface area contributed by atoms with Crippen molar-refractivity contribution in [3.8, 4) is 0 Å². The maximum absolute atomic E-state index is 13.3. The third-order valence-electron chi connectivity index (χ3n) is 2.99. The van der Waals surface area contributed by atoms with E-state index in [-0.39, 0.29) is 11.6 Å². The van der Waals surface area contributed by atoms with Crippen LogP contribution in [0.3, 0.4) is 0 Å². The van der Waals surface area contributed by atoms with E-state index in [1.807, 2.05) is 0 Å². The van der Waals surface area contributed by atoms with E-state index in [9.17, 15) is 8.78 Å². The molecule has 0 aliphatic rings. The number of fused-ring (bicyclic) bond motifs is 1. The minimum atomic E-state index is -0.340. The van der Waals surface area contributed by atoms with Gasteiger partial charge in [-0.1, -0.05) is 12.1 Å². The molecule has 0 saturated heterocycles. The lowest BCUT2D eigenvalue weighted by atomic mass is 10.2. The molecule has 0 spiro atoms. The molecule has 3 nitrogen and oxygen atoms in total. The number of aromatic nitrogens is 2. The van der Waals surface area contributed by atoms with Crippen molar-refractivity contribution in [1.82, 2.24) is 9.55 Å². The van der Waals surface area contributed by atoms with Gasteiger partial charge in [0.1, 0.15) is 11.6 Å². The highest BCUT2D eigenvalue weighted by atomic mass is 19.1. The highest BCUT2D eigenvalue weighted by molar-refractivity contribution is 5.78.